The molecule has 1 amide bonds. The molecule has 8 nitrogen and oxygen atoms in total. The lowest BCUT2D eigenvalue weighted by Crippen LogP contribution is -2.35. The third-order valence-electron chi connectivity index (χ3n) is 5.38. The molecule has 0 spiro atoms. The summed E-state index contributed by atoms with van der Waals surface area (Å²) < 4.78 is 21.2. The Balaban J connectivity index is 1.46. The maximum Gasteiger partial charge on any atom is 0.265 e. The Bertz CT molecular complexity index is 1280. The minimum Gasteiger partial charge on any atom is -0.378 e. The number of morpholine rings is 1. The SMILES string of the molecule is Cc1nnnn1-c1cc(NC(=O)c2cc(-c3ccccc3)c(N3CCOCC3)s2)ccc1F. The Morgan fingerprint density at radius 1 is 1.12 bits per heavy atom. The molecule has 0 bridgehead atoms. The number of ether oxygens (including phenoxy) is 1. The Hall–Kier alpha value is -3.63. The van der Waals surface area contributed by atoms with E-state index in [-0.39, 0.29) is 11.6 Å². The molecule has 3 heterocycles. The predicted molar refractivity (Wildman–Crippen MR) is 125 cm³/mol. The molecule has 2 aromatic heterocycles. The second-order valence-corrected chi connectivity index (χ2v) is 8.58. The molecule has 2 aromatic carbocycles. The van der Waals surface area contributed by atoms with Crippen LogP contribution in [0.2, 0.25) is 0 Å². The lowest BCUT2D eigenvalue weighted by atomic mass is 10.1. The number of carbonyl (C=O) groups is 1. The lowest BCUT2D eigenvalue weighted by Gasteiger charge is -2.28. The molecule has 33 heavy (non-hydrogen) atoms. The van der Waals surface area contributed by atoms with Crippen LogP contribution < -0.4 is 10.2 Å². The van der Waals surface area contributed by atoms with E-state index in [0.717, 1.165) is 29.2 Å². The molecular weight excluding hydrogens is 443 g/mol. The Morgan fingerprint density at radius 3 is 2.64 bits per heavy atom. The highest BCUT2D eigenvalue weighted by Crippen LogP contribution is 2.39. The van der Waals surface area contributed by atoms with E-state index in [0.29, 0.717) is 29.6 Å². The number of halogens is 1. The molecule has 4 aromatic rings. The zero-order chi connectivity index (χ0) is 22.8. The summed E-state index contributed by atoms with van der Waals surface area (Å²) in [5, 5.41) is 15.1. The van der Waals surface area contributed by atoms with Crippen LogP contribution in [0.1, 0.15) is 15.5 Å². The van der Waals surface area contributed by atoms with Crippen molar-refractivity contribution in [1.29, 1.82) is 0 Å². The molecule has 10 heteroatoms. The number of benzene rings is 2. The zero-order valence-corrected chi connectivity index (χ0v) is 18.7. The summed E-state index contributed by atoms with van der Waals surface area (Å²) in [4.78, 5) is 16.0. The molecule has 1 N–H and O–H groups in total. The van der Waals surface area contributed by atoms with Crippen molar-refractivity contribution >= 4 is 27.9 Å². The average Bonchev–Trinajstić information content (AvgIpc) is 3.48. The van der Waals surface area contributed by atoms with Crippen LogP contribution in [0.5, 0.6) is 0 Å². The quantitative estimate of drug-likeness (QED) is 0.482. The molecule has 1 fully saturated rings. The van der Waals surface area contributed by atoms with E-state index < -0.39 is 5.82 Å². The van der Waals surface area contributed by atoms with Crippen molar-refractivity contribution in [3.05, 3.63) is 71.1 Å². The largest absolute Gasteiger partial charge is 0.378 e. The second-order valence-electron chi connectivity index (χ2n) is 7.55. The molecule has 1 aliphatic heterocycles. The summed E-state index contributed by atoms with van der Waals surface area (Å²) in [6.45, 7) is 4.53. The lowest BCUT2D eigenvalue weighted by molar-refractivity contribution is 0.103. The summed E-state index contributed by atoms with van der Waals surface area (Å²) in [5.41, 5.74) is 2.68. The van der Waals surface area contributed by atoms with Gasteiger partial charge in [-0.3, -0.25) is 4.79 Å². The van der Waals surface area contributed by atoms with Crippen LogP contribution in [-0.2, 0) is 4.74 Å². The van der Waals surface area contributed by atoms with Gasteiger partial charge in [-0.05, 0) is 47.2 Å². The average molecular weight is 465 g/mol. The fourth-order valence-corrected chi connectivity index (χ4v) is 4.85. The van der Waals surface area contributed by atoms with Crippen molar-refractivity contribution in [2.24, 2.45) is 0 Å². The van der Waals surface area contributed by atoms with Crippen molar-refractivity contribution < 1.29 is 13.9 Å². The van der Waals surface area contributed by atoms with Gasteiger partial charge in [0.25, 0.3) is 5.91 Å². The van der Waals surface area contributed by atoms with Gasteiger partial charge < -0.3 is 15.0 Å². The molecule has 1 aliphatic rings. The molecule has 0 saturated carbocycles. The molecule has 0 atom stereocenters. The number of amides is 1. The first-order chi connectivity index (χ1) is 16.1. The smallest absolute Gasteiger partial charge is 0.265 e. The monoisotopic (exact) mass is 464 g/mol. The van der Waals surface area contributed by atoms with Crippen LogP contribution in [-0.4, -0.2) is 52.4 Å². The van der Waals surface area contributed by atoms with Gasteiger partial charge in [0.15, 0.2) is 5.82 Å². The van der Waals surface area contributed by atoms with Gasteiger partial charge >= 0.3 is 0 Å². The van der Waals surface area contributed by atoms with Gasteiger partial charge in [-0.15, -0.1) is 16.4 Å². The van der Waals surface area contributed by atoms with Crippen molar-refractivity contribution in [3.63, 3.8) is 0 Å². The van der Waals surface area contributed by atoms with E-state index >= 15 is 0 Å². The van der Waals surface area contributed by atoms with Gasteiger partial charge in [0, 0.05) is 24.3 Å². The summed E-state index contributed by atoms with van der Waals surface area (Å²) >= 11 is 1.44. The second kappa shape index (κ2) is 9.08. The highest BCUT2D eigenvalue weighted by Gasteiger charge is 2.22. The number of nitrogens with zero attached hydrogens (tertiary/aromatic N) is 5. The van der Waals surface area contributed by atoms with Crippen LogP contribution in [0.3, 0.4) is 0 Å². The maximum atomic E-state index is 14.4. The number of anilines is 2. The van der Waals surface area contributed by atoms with Crippen LogP contribution in [0.4, 0.5) is 15.1 Å². The first-order valence-corrected chi connectivity index (χ1v) is 11.3. The molecular formula is C23H21FN6O2S. The van der Waals surface area contributed by atoms with Crippen LogP contribution >= 0.6 is 11.3 Å². The molecule has 1 saturated heterocycles. The van der Waals surface area contributed by atoms with Crippen LogP contribution in [0.15, 0.2) is 54.6 Å². The predicted octanol–water partition coefficient (Wildman–Crippen LogP) is 3.93. The van der Waals surface area contributed by atoms with Crippen LogP contribution in [0, 0.1) is 12.7 Å². The van der Waals surface area contributed by atoms with Gasteiger partial charge in [0.05, 0.1) is 23.1 Å². The normalized spacial score (nSPS) is 13.8. The zero-order valence-electron chi connectivity index (χ0n) is 17.9. The fraction of sp³-hybridized carbons (Fsp3) is 0.217. The number of nitrogens with one attached hydrogen (secondary N) is 1. The van der Waals surface area contributed by atoms with E-state index in [2.05, 4.69) is 25.7 Å². The molecule has 0 aliphatic carbocycles. The van der Waals surface area contributed by atoms with Gasteiger partial charge in [0.1, 0.15) is 11.5 Å². The van der Waals surface area contributed by atoms with Crippen LogP contribution in [0.25, 0.3) is 16.8 Å². The van der Waals surface area contributed by atoms with Crippen molar-refractivity contribution in [2.45, 2.75) is 6.92 Å². The minimum atomic E-state index is -0.486. The number of aryl methyl sites for hydroxylation is 1. The third-order valence-corrected chi connectivity index (χ3v) is 6.57. The van der Waals surface area contributed by atoms with Crippen molar-refractivity contribution in [3.8, 4) is 16.8 Å². The highest BCUT2D eigenvalue weighted by atomic mass is 32.1. The van der Waals surface area contributed by atoms with E-state index in [4.69, 9.17) is 4.74 Å². The topological polar surface area (TPSA) is 85.2 Å². The van der Waals surface area contributed by atoms with Gasteiger partial charge in [-0.25, -0.2) is 4.39 Å². The van der Waals surface area contributed by atoms with Gasteiger partial charge in [0.2, 0.25) is 0 Å². The minimum absolute atomic E-state index is 0.167. The maximum absolute atomic E-state index is 14.4. The van der Waals surface area contributed by atoms with Gasteiger partial charge in [-0.1, -0.05) is 30.3 Å². The standard InChI is InChI=1S/C23H21FN6O2S/c1-15-26-27-28-30(15)20-13-17(7-8-19(20)24)25-22(31)21-14-18(16-5-3-2-4-6-16)23(33-21)29-9-11-32-12-10-29/h2-8,13-14H,9-12H2,1H3,(H,25,31). The highest BCUT2D eigenvalue weighted by molar-refractivity contribution is 7.18. The molecule has 168 valence electrons. The Kier molecular flexibility index (Phi) is 5.84. The first-order valence-electron chi connectivity index (χ1n) is 10.5. The number of hydrogen-bond acceptors (Lipinski definition) is 7. The summed E-state index contributed by atoms with van der Waals surface area (Å²) in [5.74, 6) is -0.304. The number of aromatic nitrogens is 4. The van der Waals surface area contributed by atoms with E-state index in [1.54, 1.807) is 6.92 Å². The summed E-state index contributed by atoms with van der Waals surface area (Å²) in [6.07, 6.45) is 0. The van der Waals surface area contributed by atoms with E-state index in [1.165, 1.54) is 34.2 Å². The van der Waals surface area contributed by atoms with Crippen molar-refractivity contribution in [1.82, 2.24) is 20.2 Å². The Morgan fingerprint density at radius 2 is 1.91 bits per heavy atom. The fourth-order valence-electron chi connectivity index (χ4n) is 3.72. The van der Waals surface area contributed by atoms with E-state index in [1.807, 2.05) is 36.4 Å². The number of rotatable bonds is 5. The number of tetrazole rings is 1. The number of hydrogen-bond donors (Lipinski definition) is 1. The molecule has 5 rings (SSSR count). The van der Waals surface area contributed by atoms with Crippen molar-refractivity contribution in [2.75, 3.05) is 36.5 Å². The first kappa shape index (κ1) is 21.2. The van der Waals surface area contributed by atoms with Gasteiger partial charge in [-0.2, -0.15) is 4.68 Å². The molecule has 0 radical (unpaired) electrons. The Labute approximate surface area is 193 Å². The summed E-state index contributed by atoms with van der Waals surface area (Å²) in [7, 11) is 0. The molecule has 0 unspecified atom stereocenters. The summed E-state index contributed by atoms with van der Waals surface area (Å²) in [6, 6.07) is 16.2. The number of thiophene rings is 1. The number of carbonyl (C=O) groups excluding carboxylic acids is 1. The van der Waals surface area contributed by atoms with E-state index in [9.17, 15) is 9.18 Å². The third kappa shape index (κ3) is 4.35.